The molecule has 0 bridgehead atoms. The van der Waals surface area contributed by atoms with Gasteiger partial charge in [0.15, 0.2) is 11.3 Å². The van der Waals surface area contributed by atoms with Gasteiger partial charge in [-0.15, -0.1) is 0 Å². The number of fused-ring (bicyclic) bond motifs is 2. The standard InChI is InChI=1S/C13H8N.HI/c1-3-7-12-10(5-1)9-11-6-2-4-8-13(11)14-12;/h1-5,7-9H;1H/q+1;/p-1. The molecule has 1 aromatic heterocycles. The molecule has 0 atom stereocenters. The van der Waals surface area contributed by atoms with Crippen LogP contribution in [0.5, 0.6) is 0 Å². The zero-order valence-electron chi connectivity index (χ0n) is 7.94. The Balaban J connectivity index is 0.000000853. The first-order chi connectivity index (χ1) is 6.93. The molecule has 0 fully saturated rings. The Morgan fingerprint density at radius 2 is 2.00 bits per heavy atom. The molecule has 2 heteroatoms. The van der Waals surface area contributed by atoms with Crippen molar-refractivity contribution in [2.24, 2.45) is 0 Å². The topological polar surface area (TPSA) is 12.9 Å². The van der Waals surface area contributed by atoms with Gasteiger partial charge in [0.05, 0.1) is 11.6 Å². The molecule has 0 spiro atoms. The third-order valence-corrected chi connectivity index (χ3v) is 2.34. The smallest absolute Gasteiger partial charge is 0.174 e. The molecule has 0 unspecified atom stereocenters. The lowest BCUT2D eigenvalue weighted by atomic mass is 10.1. The van der Waals surface area contributed by atoms with Gasteiger partial charge in [-0.3, -0.25) is 0 Å². The number of hydrogen-bond acceptors (Lipinski definition) is 1. The molecule has 1 aliphatic rings. The van der Waals surface area contributed by atoms with Gasteiger partial charge in [-0.1, -0.05) is 12.1 Å². The molecule has 1 heterocycles. The van der Waals surface area contributed by atoms with Crippen molar-refractivity contribution in [3.05, 3.63) is 59.8 Å². The Bertz CT molecular complexity index is 505. The largest absolute Gasteiger partial charge is 1.00 e. The second-order valence-electron chi connectivity index (χ2n) is 3.28. The first-order valence-electron chi connectivity index (χ1n) is 4.60. The summed E-state index contributed by atoms with van der Waals surface area (Å²) in [5.74, 6) is 0. The Labute approximate surface area is 106 Å². The molecule has 1 aliphatic carbocycles. The zero-order chi connectivity index (χ0) is 9.38. The summed E-state index contributed by atoms with van der Waals surface area (Å²) in [6.45, 7) is 0. The van der Waals surface area contributed by atoms with E-state index in [0.717, 1.165) is 16.8 Å². The molecule has 0 saturated heterocycles. The van der Waals surface area contributed by atoms with Gasteiger partial charge in [-0.2, -0.15) is 4.98 Å². The minimum atomic E-state index is 0. The van der Waals surface area contributed by atoms with Crippen LogP contribution >= 0.6 is 0 Å². The third kappa shape index (κ3) is 1.78. The van der Waals surface area contributed by atoms with Gasteiger partial charge in [-0.05, 0) is 12.1 Å². The lowest BCUT2D eigenvalue weighted by Gasteiger charge is -1.98. The van der Waals surface area contributed by atoms with Crippen LogP contribution in [0.4, 0.5) is 0 Å². The fraction of sp³-hybridized carbons (Fsp3) is 0. The van der Waals surface area contributed by atoms with Crippen LogP contribution < -0.4 is 24.0 Å². The normalized spacial score (nSPS) is 11.7. The predicted molar refractivity (Wildman–Crippen MR) is 57.7 cm³/mol. The van der Waals surface area contributed by atoms with E-state index >= 15 is 0 Å². The van der Waals surface area contributed by atoms with Gasteiger partial charge in [-0.25, -0.2) is 0 Å². The number of halogens is 1. The zero-order valence-corrected chi connectivity index (χ0v) is 10.1. The minimum absolute atomic E-state index is 0. The quantitative estimate of drug-likeness (QED) is 0.492. The van der Waals surface area contributed by atoms with Crippen molar-refractivity contribution in [1.29, 1.82) is 0 Å². The molecule has 3 rings (SSSR count). The van der Waals surface area contributed by atoms with E-state index in [2.05, 4.69) is 23.2 Å². The van der Waals surface area contributed by atoms with Crippen molar-refractivity contribution in [3.8, 4) is 0 Å². The monoisotopic (exact) mass is 305 g/mol. The van der Waals surface area contributed by atoms with Crippen molar-refractivity contribution >= 4 is 17.0 Å². The molecule has 0 radical (unpaired) electrons. The number of allylic oxidation sites excluding steroid dienone is 2. The SMILES string of the molecule is [C+]1=CC=Cc2nc3ccccc3cc21.[I-]. The Morgan fingerprint density at radius 3 is 2.93 bits per heavy atom. The van der Waals surface area contributed by atoms with Gasteiger partial charge < -0.3 is 24.0 Å². The van der Waals surface area contributed by atoms with Gasteiger partial charge in [0, 0.05) is 29.7 Å². The van der Waals surface area contributed by atoms with Crippen LogP contribution in [0.15, 0.2) is 42.5 Å². The van der Waals surface area contributed by atoms with Crippen LogP contribution in [0.2, 0.25) is 0 Å². The van der Waals surface area contributed by atoms with E-state index in [1.165, 1.54) is 5.39 Å². The number of aromatic nitrogens is 1. The molecular weight excluding hydrogens is 297 g/mol. The maximum atomic E-state index is 4.55. The fourth-order valence-electron chi connectivity index (χ4n) is 1.65. The number of nitrogens with zero attached hydrogens (tertiary/aromatic N) is 1. The molecule has 72 valence electrons. The van der Waals surface area contributed by atoms with Crippen LogP contribution in [0, 0.1) is 6.08 Å². The number of pyridine rings is 1. The molecule has 15 heavy (non-hydrogen) atoms. The summed E-state index contributed by atoms with van der Waals surface area (Å²) >= 11 is 0. The van der Waals surface area contributed by atoms with Crippen LogP contribution in [0.1, 0.15) is 11.3 Å². The van der Waals surface area contributed by atoms with E-state index < -0.39 is 0 Å². The molecule has 0 amide bonds. The number of benzene rings is 1. The first-order valence-corrected chi connectivity index (χ1v) is 4.60. The van der Waals surface area contributed by atoms with Gasteiger partial charge >= 0.3 is 0 Å². The molecule has 0 aliphatic heterocycles. The summed E-state index contributed by atoms with van der Waals surface area (Å²) in [4.78, 5) is 4.55. The molecule has 0 N–H and O–H groups in total. The highest BCUT2D eigenvalue weighted by molar-refractivity contribution is 5.81. The highest BCUT2D eigenvalue weighted by Gasteiger charge is 2.11. The summed E-state index contributed by atoms with van der Waals surface area (Å²) in [6, 6.07) is 10.3. The van der Waals surface area contributed by atoms with E-state index in [9.17, 15) is 0 Å². The second-order valence-corrected chi connectivity index (χ2v) is 3.28. The maximum Gasteiger partial charge on any atom is 0.174 e. The summed E-state index contributed by atoms with van der Waals surface area (Å²) in [5.41, 5.74) is 3.12. The Morgan fingerprint density at radius 1 is 1.13 bits per heavy atom. The van der Waals surface area contributed by atoms with E-state index in [4.69, 9.17) is 0 Å². The van der Waals surface area contributed by atoms with E-state index in [0.29, 0.717) is 0 Å². The number of hydrogen-bond donors (Lipinski definition) is 0. The highest BCUT2D eigenvalue weighted by Crippen LogP contribution is 2.19. The average Bonchev–Trinajstić information content (AvgIpc) is 2.26. The fourth-order valence-corrected chi connectivity index (χ4v) is 1.65. The first kappa shape index (κ1) is 10.3. The molecule has 1 nitrogen and oxygen atoms in total. The van der Waals surface area contributed by atoms with Gasteiger partial charge in [0.25, 0.3) is 0 Å². The molecule has 2 aromatic rings. The van der Waals surface area contributed by atoms with Crippen LogP contribution in [-0.4, -0.2) is 4.98 Å². The summed E-state index contributed by atoms with van der Waals surface area (Å²) in [7, 11) is 0. The highest BCUT2D eigenvalue weighted by atomic mass is 127. The molecule has 0 saturated carbocycles. The lowest BCUT2D eigenvalue weighted by Crippen LogP contribution is -3.00. The second kappa shape index (κ2) is 4.09. The predicted octanol–water partition coefficient (Wildman–Crippen LogP) is -0.0269. The van der Waals surface area contributed by atoms with Crippen molar-refractivity contribution in [2.75, 3.05) is 0 Å². The van der Waals surface area contributed by atoms with Gasteiger partial charge in [0.1, 0.15) is 0 Å². The van der Waals surface area contributed by atoms with Crippen LogP contribution in [0.25, 0.3) is 17.0 Å². The summed E-state index contributed by atoms with van der Waals surface area (Å²) < 4.78 is 0. The van der Waals surface area contributed by atoms with Crippen molar-refractivity contribution < 1.29 is 24.0 Å². The van der Waals surface area contributed by atoms with Crippen molar-refractivity contribution in [3.63, 3.8) is 0 Å². The van der Waals surface area contributed by atoms with E-state index in [-0.39, 0.29) is 24.0 Å². The summed E-state index contributed by atoms with van der Waals surface area (Å²) in [6.07, 6.45) is 9.07. The number of para-hydroxylation sites is 1. The van der Waals surface area contributed by atoms with Crippen molar-refractivity contribution in [2.45, 2.75) is 0 Å². The van der Waals surface area contributed by atoms with E-state index in [1.54, 1.807) is 0 Å². The van der Waals surface area contributed by atoms with Gasteiger partial charge in [0.2, 0.25) is 0 Å². The molecule has 1 aromatic carbocycles. The average molecular weight is 305 g/mol. The van der Waals surface area contributed by atoms with E-state index in [1.807, 2.05) is 36.4 Å². The third-order valence-electron chi connectivity index (χ3n) is 2.34. The van der Waals surface area contributed by atoms with Crippen LogP contribution in [0.3, 0.4) is 0 Å². The minimum Gasteiger partial charge on any atom is -1.00 e. The van der Waals surface area contributed by atoms with Crippen molar-refractivity contribution in [1.82, 2.24) is 4.98 Å². The Kier molecular flexibility index (Phi) is 2.80. The summed E-state index contributed by atoms with van der Waals surface area (Å²) in [5, 5.41) is 1.17. The maximum absolute atomic E-state index is 4.55. The lowest BCUT2D eigenvalue weighted by molar-refractivity contribution is -0.00000270. The Hall–Kier alpha value is -1.25. The number of rotatable bonds is 0. The van der Waals surface area contributed by atoms with Crippen LogP contribution in [-0.2, 0) is 0 Å². The molecular formula is C13H8IN.